The second-order valence-corrected chi connectivity index (χ2v) is 5.67. The Bertz CT molecular complexity index is 1100. The van der Waals surface area contributed by atoms with E-state index in [4.69, 9.17) is 0 Å². The first-order chi connectivity index (χ1) is 11.1. The summed E-state index contributed by atoms with van der Waals surface area (Å²) in [7, 11) is 0. The molecule has 112 valence electrons. The highest BCUT2D eigenvalue weighted by atomic mass is 16.1. The normalized spacial score (nSPS) is 11.2. The summed E-state index contributed by atoms with van der Waals surface area (Å²) in [4.78, 5) is 22.0. The molecule has 0 spiro atoms. The fraction of sp³-hybridized carbons (Fsp3) is 0.105. The molecule has 4 nitrogen and oxygen atoms in total. The third-order valence-corrected chi connectivity index (χ3v) is 4.08. The SMILES string of the molecule is Cc1ccc(-n2c(C)nc3c(ccc4ncccc43)c2=O)cc1. The summed E-state index contributed by atoms with van der Waals surface area (Å²) in [6.45, 7) is 3.88. The predicted molar refractivity (Wildman–Crippen MR) is 92.1 cm³/mol. The van der Waals surface area contributed by atoms with Gasteiger partial charge in [-0.1, -0.05) is 17.7 Å². The van der Waals surface area contributed by atoms with E-state index < -0.39 is 0 Å². The number of fused-ring (bicyclic) bond motifs is 3. The van der Waals surface area contributed by atoms with Crippen molar-refractivity contribution in [3.05, 3.63) is 76.5 Å². The highest BCUT2D eigenvalue weighted by Gasteiger charge is 2.12. The van der Waals surface area contributed by atoms with Crippen LogP contribution in [0.4, 0.5) is 0 Å². The lowest BCUT2D eigenvalue weighted by molar-refractivity contribution is 0.895. The van der Waals surface area contributed by atoms with Crippen LogP contribution < -0.4 is 5.56 Å². The van der Waals surface area contributed by atoms with Gasteiger partial charge in [-0.25, -0.2) is 4.98 Å². The minimum atomic E-state index is -0.0536. The van der Waals surface area contributed by atoms with Crippen LogP contribution in [0.2, 0.25) is 0 Å². The van der Waals surface area contributed by atoms with Gasteiger partial charge in [0.15, 0.2) is 0 Å². The molecule has 0 saturated carbocycles. The zero-order valence-electron chi connectivity index (χ0n) is 12.9. The molecule has 0 fully saturated rings. The van der Waals surface area contributed by atoms with E-state index in [0.717, 1.165) is 22.2 Å². The quantitative estimate of drug-likeness (QED) is 0.505. The van der Waals surface area contributed by atoms with E-state index in [0.29, 0.717) is 16.7 Å². The minimum absolute atomic E-state index is 0.0536. The molecule has 4 aromatic rings. The molecular formula is C19H15N3O. The molecular weight excluding hydrogens is 286 g/mol. The zero-order chi connectivity index (χ0) is 16.0. The molecule has 0 unspecified atom stereocenters. The van der Waals surface area contributed by atoms with Gasteiger partial charge in [0.2, 0.25) is 0 Å². The molecule has 0 atom stereocenters. The summed E-state index contributed by atoms with van der Waals surface area (Å²) < 4.78 is 1.66. The van der Waals surface area contributed by atoms with Crippen LogP contribution in [0.15, 0.2) is 59.5 Å². The fourth-order valence-corrected chi connectivity index (χ4v) is 2.91. The van der Waals surface area contributed by atoms with Gasteiger partial charge in [-0.3, -0.25) is 14.3 Å². The summed E-state index contributed by atoms with van der Waals surface area (Å²) >= 11 is 0. The molecule has 2 heterocycles. The Kier molecular flexibility index (Phi) is 2.98. The van der Waals surface area contributed by atoms with Crippen molar-refractivity contribution in [2.24, 2.45) is 0 Å². The van der Waals surface area contributed by atoms with Gasteiger partial charge in [-0.05, 0) is 50.2 Å². The number of aryl methyl sites for hydroxylation is 2. The number of benzene rings is 2. The molecule has 2 aromatic heterocycles. The first-order valence-corrected chi connectivity index (χ1v) is 7.49. The maximum atomic E-state index is 13.0. The molecule has 4 heteroatoms. The summed E-state index contributed by atoms with van der Waals surface area (Å²) in [5, 5.41) is 1.51. The molecule has 0 aliphatic heterocycles. The molecule has 0 amide bonds. The lowest BCUT2D eigenvalue weighted by Crippen LogP contribution is -2.22. The average molecular weight is 301 g/mol. The minimum Gasteiger partial charge on any atom is -0.268 e. The van der Waals surface area contributed by atoms with Gasteiger partial charge in [0.05, 0.1) is 22.1 Å². The van der Waals surface area contributed by atoms with E-state index >= 15 is 0 Å². The van der Waals surface area contributed by atoms with Crippen molar-refractivity contribution < 1.29 is 0 Å². The average Bonchev–Trinajstić information content (AvgIpc) is 2.56. The number of pyridine rings is 1. The first-order valence-electron chi connectivity index (χ1n) is 7.49. The monoisotopic (exact) mass is 301 g/mol. The molecule has 23 heavy (non-hydrogen) atoms. The third kappa shape index (κ3) is 2.11. The van der Waals surface area contributed by atoms with Crippen LogP contribution in [-0.2, 0) is 0 Å². The number of aromatic nitrogens is 3. The largest absolute Gasteiger partial charge is 0.268 e. The van der Waals surface area contributed by atoms with Gasteiger partial charge in [0.1, 0.15) is 5.82 Å². The van der Waals surface area contributed by atoms with E-state index in [1.165, 1.54) is 0 Å². The van der Waals surface area contributed by atoms with Crippen LogP contribution >= 0.6 is 0 Å². The molecule has 2 aromatic carbocycles. The first kappa shape index (κ1) is 13.6. The Labute approximate surface area is 133 Å². The van der Waals surface area contributed by atoms with E-state index in [-0.39, 0.29) is 5.56 Å². The second-order valence-electron chi connectivity index (χ2n) is 5.67. The molecule has 0 aliphatic carbocycles. The van der Waals surface area contributed by atoms with Crippen LogP contribution in [0.1, 0.15) is 11.4 Å². The number of nitrogens with zero attached hydrogens (tertiary/aromatic N) is 3. The lowest BCUT2D eigenvalue weighted by atomic mass is 10.1. The van der Waals surface area contributed by atoms with Crippen molar-refractivity contribution >= 4 is 21.8 Å². The van der Waals surface area contributed by atoms with E-state index in [2.05, 4.69) is 9.97 Å². The van der Waals surface area contributed by atoms with Crippen LogP contribution in [0.25, 0.3) is 27.5 Å². The van der Waals surface area contributed by atoms with Crippen molar-refractivity contribution in [2.45, 2.75) is 13.8 Å². The van der Waals surface area contributed by atoms with Crippen LogP contribution in [0.5, 0.6) is 0 Å². The Morgan fingerprint density at radius 3 is 2.48 bits per heavy atom. The third-order valence-electron chi connectivity index (χ3n) is 4.08. The maximum absolute atomic E-state index is 13.0. The zero-order valence-corrected chi connectivity index (χ0v) is 12.9. The Balaban J connectivity index is 2.10. The highest BCUT2D eigenvalue weighted by Crippen LogP contribution is 2.21. The van der Waals surface area contributed by atoms with Crippen molar-refractivity contribution in [1.29, 1.82) is 0 Å². The smallest absolute Gasteiger partial charge is 0.265 e. The molecule has 0 bridgehead atoms. The fourth-order valence-electron chi connectivity index (χ4n) is 2.91. The topological polar surface area (TPSA) is 47.8 Å². The summed E-state index contributed by atoms with van der Waals surface area (Å²) in [6, 6.07) is 15.4. The van der Waals surface area contributed by atoms with E-state index in [9.17, 15) is 4.79 Å². The Morgan fingerprint density at radius 2 is 1.70 bits per heavy atom. The molecule has 0 aliphatic rings. The summed E-state index contributed by atoms with van der Waals surface area (Å²) in [6.07, 6.45) is 1.74. The number of hydrogen-bond donors (Lipinski definition) is 0. The number of rotatable bonds is 1. The van der Waals surface area contributed by atoms with E-state index in [1.807, 2.05) is 62.4 Å². The molecule has 0 saturated heterocycles. The summed E-state index contributed by atoms with van der Waals surface area (Å²) in [5.41, 5.74) is 3.49. The van der Waals surface area contributed by atoms with Crippen molar-refractivity contribution in [1.82, 2.24) is 14.5 Å². The summed E-state index contributed by atoms with van der Waals surface area (Å²) in [5.74, 6) is 0.669. The van der Waals surface area contributed by atoms with Crippen molar-refractivity contribution in [2.75, 3.05) is 0 Å². The molecule has 0 N–H and O–H groups in total. The van der Waals surface area contributed by atoms with E-state index in [1.54, 1.807) is 10.8 Å². The van der Waals surface area contributed by atoms with Crippen LogP contribution in [0, 0.1) is 13.8 Å². The van der Waals surface area contributed by atoms with Gasteiger partial charge in [0.25, 0.3) is 5.56 Å². The Hall–Kier alpha value is -3.01. The number of hydrogen-bond acceptors (Lipinski definition) is 3. The Morgan fingerprint density at radius 1 is 0.913 bits per heavy atom. The van der Waals surface area contributed by atoms with Gasteiger partial charge in [-0.15, -0.1) is 0 Å². The maximum Gasteiger partial charge on any atom is 0.265 e. The van der Waals surface area contributed by atoms with Crippen molar-refractivity contribution in [3.8, 4) is 5.69 Å². The van der Waals surface area contributed by atoms with Crippen molar-refractivity contribution in [3.63, 3.8) is 0 Å². The van der Waals surface area contributed by atoms with Crippen LogP contribution in [-0.4, -0.2) is 14.5 Å². The molecule has 4 rings (SSSR count). The van der Waals surface area contributed by atoms with Gasteiger partial charge >= 0.3 is 0 Å². The van der Waals surface area contributed by atoms with Gasteiger partial charge in [0, 0.05) is 11.6 Å². The van der Waals surface area contributed by atoms with Gasteiger partial charge < -0.3 is 0 Å². The highest BCUT2D eigenvalue weighted by molar-refractivity contribution is 6.03. The second kappa shape index (κ2) is 5.02. The predicted octanol–water partition coefficient (Wildman–Crippen LogP) is 3.55. The lowest BCUT2D eigenvalue weighted by Gasteiger charge is -2.12. The molecule has 0 radical (unpaired) electrons. The standard InChI is InChI=1S/C19H15N3O/c1-12-5-7-14(8-6-12)22-13(2)21-18-15-4-3-11-20-17(15)10-9-16(18)19(22)23/h3-11H,1-2H3. The van der Waals surface area contributed by atoms with Gasteiger partial charge in [-0.2, -0.15) is 0 Å². The van der Waals surface area contributed by atoms with Crippen LogP contribution in [0.3, 0.4) is 0 Å².